The molecule has 4 N–H and O–H groups in total. The van der Waals surface area contributed by atoms with Crippen LogP contribution in [0.4, 0.5) is 4.79 Å². The van der Waals surface area contributed by atoms with Crippen molar-refractivity contribution in [1.29, 1.82) is 0 Å². The smallest absolute Gasteiger partial charge is 0.404 e. The van der Waals surface area contributed by atoms with Crippen molar-refractivity contribution in [3.05, 3.63) is 57.0 Å². The van der Waals surface area contributed by atoms with E-state index in [1.165, 1.54) is 4.90 Å². The molecule has 11 heteroatoms. The Morgan fingerprint density at radius 3 is 2.37 bits per heavy atom. The molecule has 0 radical (unpaired) electrons. The van der Waals surface area contributed by atoms with Gasteiger partial charge in [0.05, 0.1) is 5.41 Å². The number of rotatable bonds is 10. The molecule has 2 aromatic rings. The molecule has 0 spiro atoms. The van der Waals surface area contributed by atoms with Crippen LogP contribution in [0.15, 0.2) is 51.4 Å². The molecule has 0 aliphatic carbocycles. The van der Waals surface area contributed by atoms with Crippen molar-refractivity contribution in [3.63, 3.8) is 0 Å². The van der Waals surface area contributed by atoms with E-state index in [0.29, 0.717) is 43.7 Å². The summed E-state index contributed by atoms with van der Waals surface area (Å²) >= 11 is 6.87. The summed E-state index contributed by atoms with van der Waals surface area (Å²) in [4.78, 5) is 37.9. The first kappa shape index (κ1) is 27.0. The number of hydrogen-bond donors (Lipinski definition) is 4. The number of benzene rings is 2. The number of unbranched alkanes of at least 4 members (excludes halogenated alkanes) is 1. The molecule has 3 rings (SSSR count). The van der Waals surface area contributed by atoms with Crippen LogP contribution in [0.2, 0.25) is 0 Å². The van der Waals surface area contributed by atoms with Crippen LogP contribution in [-0.2, 0) is 15.0 Å². The number of nitrogens with zero attached hydrogens (tertiary/aromatic N) is 1. The average molecular weight is 613 g/mol. The number of carbonyl (C=O) groups is 3. The standard InChI is InChI=1S/C24H27Br2N3O6/c1-24(15-5-7-18(8-6-15)35-19-13-16(25)12-17(26)14-19)9-11-29(22(24)31)20(21(30)28-34)4-2-3-10-27-23(32)33/h5-8,12-14,20,27,34H,2-4,9-11H2,1H3,(H,28,30)(H,32,33). The van der Waals surface area contributed by atoms with Crippen molar-refractivity contribution < 1.29 is 29.4 Å². The first-order valence-electron chi connectivity index (χ1n) is 11.1. The number of ether oxygens (including phenoxy) is 1. The Balaban J connectivity index is 1.69. The minimum atomic E-state index is -1.11. The molecule has 1 fully saturated rings. The molecule has 2 unspecified atom stereocenters. The van der Waals surface area contributed by atoms with Crippen molar-refractivity contribution in [2.24, 2.45) is 0 Å². The summed E-state index contributed by atoms with van der Waals surface area (Å²) in [6.07, 6.45) is 0.735. The summed E-state index contributed by atoms with van der Waals surface area (Å²) < 4.78 is 7.68. The molecular weight excluding hydrogens is 586 g/mol. The highest BCUT2D eigenvalue weighted by atomic mass is 79.9. The van der Waals surface area contributed by atoms with E-state index in [-0.39, 0.29) is 12.5 Å². The number of carbonyl (C=O) groups excluding carboxylic acids is 2. The van der Waals surface area contributed by atoms with Crippen LogP contribution in [0.1, 0.15) is 38.2 Å². The second kappa shape index (κ2) is 11.9. The monoisotopic (exact) mass is 611 g/mol. The second-order valence-corrected chi connectivity index (χ2v) is 10.4. The number of hydrogen-bond acceptors (Lipinski definition) is 5. The summed E-state index contributed by atoms with van der Waals surface area (Å²) in [6, 6.07) is 12.1. The first-order valence-corrected chi connectivity index (χ1v) is 12.7. The topological polar surface area (TPSA) is 128 Å². The van der Waals surface area contributed by atoms with Crippen LogP contribution in [0.5, 0.6) is 11.5 Å². The SMILES string of the molecule is CC1(c2ccc(Oc3cc(Br)cc(Br)c3)cc2)CCN(C(CCCCNC(=O)O)C(=O)NO)C1=O. The molecule has 1 aliphatic rings. The van der Waals surface area contributed by atoms with E-state index < -0.39 is 23.5 Å². The molecule has 1 heterocycles. The Hall–Kier alpha value is -2.63. The summed E-state index contributed by atoms with van der Waals surface area (Å²) in [5.41, 5.74) is 1.65. The van der Waals surface area contributed by atoms with Crippen molar-refractivity contribution >= 4 is 49.8 Å². The molecule has 35 heavy (non-hydrogen) atoms. The number of carboxylic acid groups (broad SMARTS) is 1. The van der Waals surface area contributed by atoms with Gasteiger partial charge in [-0.3, -0.25) is 14.8 Å². The van der Waals surface area contributed by atoms with Gasteiger partial charge in [-0.05, 0) is 68.5 Å². The fourth-order valence-electron chi connectivity index (χ4n) is 4.21. The molecule has 0 saturated carbocycles. The third-order valence-electron chi connectivity index (χ3n) is 6.12. The van der Waals surface area contributed by atoms with E-state index in [1.807, 2.05) is 37.3 Å². The molecule has 9 nitrogen and oxygen atoms in total. The fraction of sp³-hybridized carbons (Fsp3) is 0.375. The molecule has 1 saturated heterocycles. The summed E-state index contributed by atoms with van der Waals surface area (Å²) in [5.74, 6) is 0.430. The maximum absolute atomic E-state index is 13.5. The largest absolute Gasteiger partial charge is 0.465 e. The Labute approximate surface area is 220 Å². The van der Waals surface area contributed by atoms with Gasteiger partial charge in [0.15, 0.2) is 0 Å². The lowest BCUT2D eigenvalue weighted by atomic mass is 9.81. The number of halogens is 2. The molecule has 188 valence electrons. The van der Waals surface area contributed by atoms with Gasteiger partial charge in [-0.15, -0.1) is 0 Å². The molecule has 1 aliphatic heterocycles. The Bertz CT molecular complexity index is 1060. The lowest BCUT2D eigenvalue weighted by Crippen LogP contribution is -2.49. The van der Waals surface area contributed by atoms with Gasteiger partial charge in [-0.2, -0.15) is 0 Å². The van der Waals surface area contributed by atoms with Crippen LogP contribution in [0.3, 0.4) is 0 Å². The van der Waals surface area contributed by atoms with Gasteiger partial charge >= 0.3 is 6.09 Å². The molecular formula is C24H27Br2N3O6. The highest BCUT2D eigenvalue weighted by molar-refractivity contribution is 9.11. The zero-order valence-corrected chi connectivity index (χ0v) is 22.3. The van der Waals surface area contributed by atoms with E-state index in [4.69, 9.17) is 9.84 Å². The van der Waals surface area contributed by atoms with Crippen molar-refractivity contribution in [1.82, 2.24) is 15.7 Å². The average Bonchev–Trinajstić information content (AvgIpc) is 3.10. The van der Waals surface area contributed by atoms with Crippen molar-refractivity contribution in [3.8, 4) is 11.5 Å². The number of hydroxylamine groups is 1. The minimum Gasteiger partial charge on any atom is -0.465 e. The van der Waals surface area contributed by atoms with E-state index in [1.54, 1.807) is 17.6 Å². The fourth-order valence-corrected chi connectivity index (χ4v) is 5.46. The predicted octanol–water partition coefficient (Wildman–Crippen LogP) is 4.81. The zero-order chi connectivity index (χ0) is 25.6. The van der Waals surface area contributed by atoms with Crippen LogP contribution in [-0.4, -0.2) is 52.3 Å². The lowest BCUT2D eigenvalue weighted by Gasteiger charge is -2.29. The Morgan fingerprint density at radius 1 is 1.11 bits per heavy atom. The molecule has 0 bridgehead atoms. The van der Waals surface area contributed by atoms with Gasteiger partial charge < -0.3 is 20.1 Å². The minimum absolute atomic E-state index is 0.195. The predicted molar refractivity (Wildman–Crippen MR) is 136 cm³/mol. The molecule has 2 aromatic carbocycles. The van der Waals surface area contributed by atoms with E-state index in [2.05, 4.69) is 37.2 Å². The van der Waals surface area contributed by atoms with Crippen LogP contribution < -0.4 is 15.5 Å². The summed E-state index contributed by atoms with van der Waals surface area (Å²) in [6.45, 7) is 2.46. The Morgan fingerprint density at radius 2 is 1.77 bits per heavy atom. The number of nitrogens with one attached hydrogen (secondary N) is 2. The third kappa shape index (κ3) is 6.74. The maximum Gasteiger partial charge on any atom is 0.404 e. The lowest BCUT2D eigenvalue weighted by molar-refractivity contribution is -0.144. The van der Waals surface area contributed by atoms with E-state index >= 15 is 0 Å². The molecule has 3 amide bonds. The van der Waals surface area contributed by atoms with E-state index in [0.717, 1.165) is 14.5 Å². The molecule has 0 aromatic heterocycles. The van der Waals surface area contributed by atoms with Gasteiger partial charge in [-0.1, -0.05) is 44.0 Å². The van der Waals surface area contributed by atoms with Gasteiger partial charge in [0.25, 0.3) is 5.91 Å². The third-order valence-corrected chi connectivity index (χ3v) is 7.03. The van der Waals surface area contributed by atoms with Crippen molar-refractivity contribution in [2.75, 3.05) is 13.1 Å². The van der Waals surface area contributed by atoms with E-state index in [9.17, 15) is 19.6 Å². The number of amides is 3. The van der Waals surface area contributed by atoms with Gasteiger partial charge in [0.1, 0.15) is 17.5 Å². The summed E-state index contributed by atoms with van der Waals surface area (Å²) in [7, 11) is 0. The van der Waals surface area contributed by atoms with Gasteiger partial charge in [-0.25, -0.2) is 10.3 Å². The van der Waals surface area contributed by atoms with Crippen LogP contribution in [0, 0.1) is 0 Å². The zero-order valence-electron chi connectivity index (χ0n) is 19.1. The number of likely N-dealkylation sites (tertiary alicyclic amines) is 1. The first-order chi connectivity index (χ1) is 16.6. The van der Waals surface area contributed by atoms with Gasteiger partial charge in [0, 0.05) is 22.0 Å². The van der Waals surface area contributed by atoms with Crippen LogP contribution in [0.25, 0.3) is 0 Å². The highest BCUT2D eigenvalue weighted by Crippen LogP contribution is 2.38. The van der Waals surface area contributed by atoms with Gasteiger partial charge in [0.2, 0.25) is 5.91 Å². The highest BCUT2D eigenvalue weighted by Gasteiger charge is 2.47. The quantitative estimate of drug-likeness (QED) is 0.173. The Kier molecular flexibility index (Phi) is 9.15. The summed E-state index contributed by atoms with van der Waals surface area (Å²) in [5, 5.41) is 20.1. The normalized spacial score (nSPS) is 18.3. The maximum atomic E-state index is 13.5. The van der Waals surface area contributed by atoms with Crippen molar-refractivity contribution in [2.45, 2.75) is 44.1 Å². The second-order valence-electron chi connectivity index (χ2n) is 8.53. The molecule has 2 atom stereocenters. The van der Waals surface area contributed by atoms with Crippen LogP contribution >= 0.6 is 31.9 Å².